The summed E-state index contributed by atoms with van der Waals surface area (Å²) in [4.78, 5) is 14.6. The Kier molecular flexibility index (Phi) is 5.74. The van der Waals surface area contributed by atoms with Gasteiger partial charge < -0.3 is 5.32 Å². The number of benzene rings is 1. The molecule has 0 spiro atoms. The van der Waals surface area contributed by atoms with Crippen molar-refractivity contribution in [1.29, 1.82) is 0 Å². The molecule has 1 aromatic rings. The predicted molar refractivity (Wildman–Crippen MR) is 83.4 cm³/mol. The predicted octanol–water partition coefficient (Wildman–Crippen LogP) is 2.68. The van der Waals surface area contributed by atoms with Gasteiger partial charge in [0.15, 0.2) is 5.78 Å². The molecule has 0 aliphatic carbocycles. The molecule has 1 aliphatic heterocycles. The molecule has 20 heavy (non-hydrogen) atoms. The Morgan fingerprint density at radius 3 is 2.70 bits per heavy atom. The second-order valence-electron chi connectivity index (χ2n) is 5.73. The van der Waals surface area contributed by atoms with Gasteiger partial charge in [0.05, 0.1) is 6.54 Å². The monoisotopic (exact) mass is 274 g/mol. The van der Waals surface area contributed by atoms with Crippen LogP contribution in [0.15, 0.2) is 24.3 Å². The molecular formula is C17H26N2O. The van der Waals surface area contributed by atoms with E-state index in [0.29, 0.717) is 12.5 Å². The average molecular weight is 274 g/mol. The van der Waals surface area contributed by atoms with Gasteiger partial charge in [-0.1, -0.05) is 38.1 Å². The normalized spacial score (nSPS) is 18.5. The number of nitrogens with zero attached hydrogens (tertiary/aromatic N) is 1. The lowest BCUT2D eigenvalue weighted by atomic mass is 9.97. The summed E-state index contributed by atoms with van der Waals surface area (Å²) < 4.78 is 0. The van der Waals surface area contributed by atoms with E-state index in [1.807, 2.05) is 12.1 Å². The number of hydrogen-bond acceptors (Lipinski definition) is 3. The summed E-state index contributed by atoms with van der Waals surface area (Å²) in [6.45, 7) is 9.00. The smallest absolute Gasteiger partial charge is 0.176 e. The minimum Gasteiger partial charge on any atom is -0.315 e. The largest absolute Gasteiger partial charge is 0.315 e. The van der Waals surface area contributed by atoms with E-state index in [0.717, 1.165) is 44.6 Å². The van der Waals surface area contributed by atoms with Crippen LogP contribution in [0, 0.1) is 0 Å². The van der Waals surface area contributed by atoms with E-state index in [9.17, 15) is 4.79 Å². The van der Waals surface area contributed by atoms with Gasteiger partial charge >= 0.3 is 0 Å². The Bertz CT molecular complexity index is 419. The minimum atomic E-state index is 0.239. The van der Waals surface area contributed by atoms with Gasteiger partial charge in [0.1, 0.15) is 0 Å². The summed E-state index contributed by atoms with van der Waals surface area (Å²) in [7, 11) is 0. The first-order valence-electron chi connectivity index (χ1n) is 7.77. The molecule has 1 atom stereocenters. The highest BCUT2D eigenvalue weighted by molar-refractivity contribution is 5.97. The van der Waals surface area contributed by atoms with E-state index in [4.69, 9.17) is 0 Å². The van der Waals surface area contributed by atoms with Crippen LogP contribution in [0.4, 0.5) is 0 Å². The van der Waals surface area contributed by atoms with Gasteiger partial charge in [-0.2, -0.15) is 0 Å². The first kappa shape index (κ1) is 15.2. The van der Waals surface area contributed by atoms with E-state index >= 15 is 0 Å². The summed E-state index contributed by atoms with van der Waals surface area (Å²) >= 11 is 0. The number of carbonyl (C=O) groups excluding carboxylic acids is 1. The van der Waals surface area contributed by atoms with E-state index in [1.165, 1.54) is 5.56 Å². The van der Waals surface area contributed by atoms with Gasteiger partial charge in [0, 0.05) is 18.7 Å². The van der Waals surface area contributed by atoms with Crippen LogP contribution in [0.2, 0.25) is 0 Å². The number of Topliss-reactive ketones (excluding diaryl/α,β-unsaturated/α-hetero) is 1. The van der Waals surface area contributed by atoms with Crippen LogP contribution in [0.3, 0.4) is 0 Å². The molecule has 0 aromatic heterocycles. The molecule has 0 radical (unpaired) electrons. The molecule has 0 bridgehead atoms. The van der Waals surface area contributed by atoms with Crippen molar-refractivity contribution in [3.63, 3.8) is 0 Å². The molecule has 1 saturated heterocycles. The van der Waals surface area contributed by atoms with E-state index in [1.54, 1.807) is 0 Å². The molecule has 1 aliphatic rings. The maximum Gasteiger partial charge on any atom is 0.176 e. The Hall–Kier alpha value is -1.19. The van der Waals surface area contributed by atoms with E-state index in [-0.39, 0.29) is 5.78 Å². The molecule has 1 fully saturated rings. The maximum atomic E-state index is 12.3. The number of hydrogen-bond donors (Lipinski definition) is 1. The Morgan fingerprint density at radius 1 is 1.25 bits per heavy atom. The van der Waals surface area contributed by atoms with Crippen molar-refractivity contribution in [2.24, 2.45) is 0 Å². The third-order valence-corrected chi connectivity index (χ3v) is 4.21. The zero-order valence-corrected chi connectivity index (χ0v) is 12.7. The van der Waals surface area contributed by atoms with Crippen LogP contribution in [0.25, 0.3) is 0 Å². The van der Waals surface area contributed by atoms with Crippen molar-refractivity contribution in [3.8, 4) is 0 Å². The summed E-state index contributed by atoms with van der Waals surface area (Å²) in [5.74, 6) is 0.804. The Balaban J connectivity index is 1.94. The Labute approximate surface area is 122 Å². The van der Waals surface area contributed by atoms with Crippen molar-refractivity contribution in [3.05, 3.63) is 35.4 Å². The fourth-order valence-corrected chi connectivity index (χ4v) is 2.59. The van der Waals surface area contributed by atoms with Crippen molar-refractivity contribution in [2.75, 3.05) is 32.7 Å². The van der Waals surface area contributed by atoms with Crippen molar-refractivity contribution >= 4 is 5.78 Å². The second-order valence-corrected chi connectivity index (χ2v) is 5.73. The highest BCUT2D eigenvalue weighted by Gasteiger charge is 2.14. The van der Waals surface area contributed by atoms with Crippen molar-refractivity contribution in [2.45, 2.75) is 32.6 Å². The molecule has 3 heteroatoms. The molecule has 1 heterocycles. The lowest BCUT2D eigenvalue weighted by Gasteiger charge is -2.18. The number of carbonyl (C=O) groups is 1. The van der Waals surface area contributed by atoms with Crippen LogP contribution >= 0.6 is 0 Å². The maximum absolute atomic E-state index is 12.3. The lowest BCUT2D eigenvalue weighted by molar-refractivity contribution is 0.0935. The van der Waals surface area contributed by atoms with Crippen LogP contribution in [0.5, 0.6) is 0 Å². The Morgan fingerprint density at radius 2 is 2.00 bits per heavy atom. The van der Waals surface area contributed by atoms with Crippen molar-refractivity contribution in [1.82, 2.24) is 10.2 Å². The summed E-state index contributed by atoms with van der Waals surface area (Å²) in [6.07, 6.45) is 2.26. The summed E-state index contributed by atoms with van der Waals surface area (Å²) in [5, 5.41) is 3.36. The molecule has 110 valence electrons. The van der Waals surface area contributed by atoms with E-state index in [2.05, 4.69) is 36.2 Å². The molecule has 2 rings (SSSR count). The van der Waals surface area contributed by atoms with Gasteiger partial charge in [0.25, 0.3) is 0 Å². The highest BCUT2D eigenvalue weighted by Crippen LogP contribution is 2.19. The fraction of sp³-hybridized carbons (Fsp3) is 0.588. The van der Waals surface area contributed by atoms with Gasteiger partial charge in [-0.3, -0.25) is 9.69 Å². The first-order valence-corrected chi connectivity index (χ1v) is 7.77. The van der Waals surface area contributed by atoms with Crippen LogP contribution in [-0.2, 0) is 0 Å². The number of ketones is 1. The van der Waals surface area contributed by atoms with Gasteiger partial charge in [-0.15, -0.1) is 0 Å². The third-order valence-electron chi connectivity index (χ3n) is 4.21. The van der Waals surface area contributed by atoms with Gasteiger partial charge in [-0.05, 0) is 37.4 Å². The van der Waals surface area contributed by atoms with Gasteiger partial charge in [0.2, 0.25) is 0 Å². The lowest BCUT2D eigenvalue weighted by Crippen LogP contribution is -2.33. The third kappa shape index (κ3) is 4.15. The quantitative estimate of drug-likeness (QED) is 0.838. The fourth-order valence-electron chi connectivity index (χ4n) is 2.59. The van der Waals surface area contributed by atoms with Crippen LogP contribution in [-0.4, -0.2) is 43.4 Å². The second kappa shape index (κ2) is 7.55. The zero-order chi connectivity index (χ0) is 14.4. The molecule has 1 N–H and O–H groups in total. The molecule has 1 aromatic carbocycles. The minimum absolute atomic E-state index is 0.239. The zero-order valence-electron chi connectivity index (χ0n) is 12.7. The first-order chi connectivity index (χ1) is 9.70. The molecule has 0 amide bonds. The average Bonchev–Trinajstić information content (AvgIpc) is 2.75. The van der Waals surface area contributed by atoms with Crippen molar-refractivity contribution < 1.29 is 4.79 Å². The highest BCUT2D eigenvalue weighted by atomic mass is 16.1. The van der Waals surface area contributed by atoms with Crippen LogP contribution < -0.4 is 5.32 Å². The van der Waals surface area contributed by atoms with Crippen LogP contribution in [0.1, 0.15) is 48.5 Å². The summed E-state index contributed by atoms with van der Waals surface area (Å²) in [5.41, 5.74) is 2.16. The van der Waals surface area contributed by atoms with E-state index < -0.39 is 0 Å². The number of rotatable bonds is 5. The number of nitrogens with one attached hydrogen (secondary N) is 1. The molecule has 3 nitrogen and oxygen atoms in total. The van der Waals surface area contributed by atoms with Gasteiger partial charge in [-0.25, -0.2) is 0 Å². The SMILES string of the molecule is CCC(C)c1ccc(C(=O)CN2CCCNCC2)cc1. The molecule has 0 saturated carbocycles. The molecular weight excluding hydrogens is 248 g/mol. The summed E-state index contributed by atoms with van der Waals surface area (Å²) in [6, 6.07) is 8.18. The molecule has 1 unspecified atom stereocenters. The topological polar surface area (TPSA) is 32.3 Å². The standard InChI is InChI=1S/C17H26N2O/c1-3-14(2)15-5-7-16(8-6-15)17(20)13-19-11-4-9-18-10-12-19/h5-8,14,18H,3-4,9-13H2,1-2H3.